The van der Waals surface area contributed by atoms with E-state index in [0.29, 0.717) is 11.2 Å². The van der Waals surface area contributed by atoms with Gasteiger partial charge in [0.05, 0.1) is 25.5 Å². The quantitative estimate of drug-likeness (QED) is 0.214. The molecule has 0 fully saturated rings. The van der Waals surface area contributed by atoms with Crippen molar-refractivity contribution in [3.63, 3.8) is 0 Å². The highest BCUT2D eigenvalue weighted by Crippen LogP contribution is 2.26. The summed E-state index contributed by atoms with van der Waals surface area (Å²) in [5.74, 6) is -4.88. The fourth-order valence-electron chi connectivity index (χ4n) is 3.61. The molecule has 3 aromatic rings. The number of halogens is 3. The lowest BCUT2D eigenvalue weighted by Gasteiger charge is -2.24. The lowest BCUT2D eigenvalue weighted by atomic mass is 10.1. The summed E-state index contributed by atoms with van der Waals surface area (Å²) in [6, 6.07) is 3.26. The molecule has 0 aliphatic carbocycles. The normalized spacial score (nSPS) is 12.0. The number of nitrogens with one attached hydrogen (secondary N) is 3. The highest BCUT2D eigenvalue weighted by Gasteiger charge is 2.43. The zero-order chi connectivity index (χ0) is 31.9. The molecule has 1 aromatic carbocycles. The molecule has 0 spiro atoms. The molecule has 3 amide bonds. The minimum Gasteiger partial charge on any atom is -0.467 e. The van der Waals surface area contributed by atoms with Crippen LogP contribution in [0.25, 0.3) is 11.2 Å². The number of nitrogens with zero attached hydrogens (tertiary/aromatic N) is 4. The van der Waals surface area contributed by atoms with Crippen LogP contribution in [0.5, 0.6) is 0 Å². The van der Waals surface area contributed by atoms with Gasteiger partial charge in [0.2, 0.25) is 11.9 Å². The van der Waals surface area contributed by atoms with E-state index in [4.69, 9.17) is 0 Å². The second-order valence-electron chi connectivity index (χ2n) is 9.32. The van der Waals surface area contributed by atoms with Gasteiger partial charge in [-0.15, -0.1) is 0 Å². The number of hydrogen-bond acceptors (Lipinski definition) is 10. The van der Waals surface area contributed by atoms with Gasteiger partial charge in [0.1, 0.15) is 12.3 Å². The lowest BCUT2D eigenvalue weighted by Crippen LogP contribution is -2.42. The Labute approximate surface area is 241 Å². The zero-order valence-corrected chi connectivity index (χ0v) is 23.0. The van der Waals surface area contributed by atoms with Crippen LogP contribution in [-0.4, -0.2) is 69.2 Å². The van der Waals surface area contributed by atoms with Crippen LogP contribution in [0.3, 0.4) is 0 Å². The average Bonchev–Trinajstić information content (AvgIpc) is 2.96. The van der Waals surface area contributed by atoms with Gasteiger partial charge in [-0.2, -0.15) is 18.2 Å². The van der Waals surface area contributed by atoms with Crippen molar-refractivity contribution in [1.82, 2.24) is 25.3 Å². The van der Waals surface area contributed by atoms with Crippen molar-refractivity contribution in [3.8, 4) is 0 Å². The number of benzene rings is 1. The van der Waals surface area contributed by atoms with E-state index in [-0.39, 0.29) is 46.9 Å². The van der Waals surface area contributed by atoms with Gasteiger partial charge in [-0.1, -0.05) is 13.8 Å². The van der Waals surface area contributed by atoms with Crippen LogP contribution in [0, 0.1) is 5.92 Å². The number of alkyl halides is 3. The van der Waals surface area contributed by atoms with Crippen LogP contribution in [0.4, 0.5) is 24.8 Å². The van der Waals surface area contributed by atoms with E-state index in [1.165, 1.54) is 0 Å². The third-order valence-electron chi connectivity index (χ3n) is 5.85. The van der Waals surface area contributed by atoms with Gasteiger partial charge >= 0.3 is 18.1 Å². The summed E-state index contributed by atoms with van der Waals surface area (Å²) >= 11 is 0. The molecule has 43 heavy (non-hydrogen) atoms. The fourth-order valence-corrected chi connectivity index (χ4v) is 3.61. The van der Waals surface area contributed by atoms with E-state index in [1.54, 1.807) is 13.8 Å². The summed E-state index contributed by atoms with van der Waals surface area (Å²) < 4.78 is 45.1. The maximum atomic E-state index is 13.5. The van der Waals surface area contributed by atoms with Gasteiger partial charge in [-0.05, 0) is 30.7 Å². The molecule has 0 saturated carbocycles. The number of fused-ring (bicyclic) bond motifs is 1. The number of rotatable bonds is 11. The Hall–Kier alpha value is -5.22. The number of hydrogen-bond donors (Lipinski definition) is 3. The zero-order valence-electron chi connectivity index (χ0n) is 23.0. The summed E-state index contributed by atoms with van der Waals surface area (Å²) in [5.41, 5.74) is -1.91. The van der Waals surface area contributed by atoms with Crippen LogP contribution in [0.1, 0.15) is 42.7 Å². The molecule has 0 radical (unpaired) electrons. The average molecular weight is 606 g/mol. The Morgan fingerprint density at radius 2 is 1.79 bits per heavy atom. The summed E-state index contributed by atoms with van der Waals surface area (Å²) in [6.45, 7) is 2.47. The Morgan fingerprint density at radius 1 is 1.12 bits per heavy atom. The topological polar surface area (TPSA) is 193 Å². The summed E-state index contributed by atoms with van der Waals surface area (Å²) in [7, 11) is 1.10. The molecule has 0 bridgehead atoms. The molecule has 17 heteroatoms. The Balaban J connectivity index is 1.89. The maximum absolute atomic E-state index is 13.5. The summed E-state index contributed by atoms with van der Waals surface area (Å²) in [4.78, 5) is 86.6. The van der Waals surface area contributed by atoms with E-state index in [2.05, 4.69) is 35.3 Å². The van der Waals surface area contributed by atoms with Gasteiger partial charge in [-0.3, -0.25) is 34.4 Å². The van der Waals surface area contributed by atoms with Gasteiger partial charge in [0, 0.05) is 23.6 Å². The van der Waals surface area contributed by atoms with Gasteiger partial charge in [-0.25, -0.2) is 14.8 Å². The number of H-pyrrole nitrogens is 1. The standard InChI is InChI=1S/C26H26F3N7O7/c1-13(2)20(38)34-25-33-19-18(22(40)35-25)31-15(11-30-19)12-36(24(42)26(27,28)29)16-8-6-14(7-9-16)21(39)32-17(5-4-10-37)23(41)43-3/h6-11,13,17H,4-5,12H2,1-3H3,(H,32,39)(H2,30,33,34,35,38,40). The van der Waals surface area contributed by atoms with Crippen LogP contribution >= 0.6 is 0 Å². The monoisotopic (exact) mass is 605 g/mol. The Kier molecular flexibility index (Phi) is 10.2. The highest BCUT2D eigenvalue weighted by atomic mass is 19.4. The van der Waals surface area contributed by atoms with Gasteiger partial charge in [0.25, 0.3) is 11.5 Å². The molecular formula is C26H26F3N7O7. The molecule has 3 N–H and O–H groups in total. The number of ether oxygens (including phenoxy) is 1. The van der Waals surface area contributed by atoms with Crippen molar-refractivity contribution in [3.05, 3.63) is 52.1 Å². The minimum atomic E-state index is -5.30. The maximum Gasteiger partial charge on any atom is 0.471 e. The fraction of sp³-hybridized carbons (Fsp3) is 0.346. The SMILES string of the molecule is COC(=O)C(CCC=O)NC(=O)c1ccc(N(Cc2cnc3nc(NC(=O)C(C)C)[nH]c(=O)c3n2)C(=O)C(F)(F)F)cc1. The third kappa shape index (κ3) is 8.17. The van der Waals surface area contributed by atoms with Crippen LogP contribution in [-0.2, 0) is 30.5 Å². The molecule has 1 unspecified atom stereocenters. The number of amides is 3. The number of aromatic nitrogens is 4. The molecule has 2 heterocycles. The summed E-state index contributed by atoms with van der Waals surface area (Å²) in [6.07, 6.45) is -3.79. The minimum absolute atomic E-state index is 0.0348. The number of aromatic amines is 1. The number of aldehydes is 1. The van der Waals surface area contributed by atoms with Crippen molar-refractivity contribution in [2.24, 2.45) is 5.92 Å². The predicted octanol–water partition coefficient (Wildman–Crippen LogP) is 1.65. The molecule has 0 saturated heterocycles. The van der Waals surface area contributed by atoms with Crippen molar-refractivity contribution >= 4 is 52.8 Å². The first-order valence-electron chi connectivity index (χ1n) is 12.6. The van der Waals surface area contributed by atoms with E-state index in [9.17, 15) is 41.9 Å². The Bertz CT molecular complexity index is 1590. The number of carbonyl (C=O) groups excluding carboxylic acids is 5. The molecular weight excluding hydrogens is 579 g/mol. The van der Waals surface area contributed by atoms with E-state index < -0.39 is 53.9 Å². The lowest BCUT2D eigenvalue weighted by molar-refractivity contribution is -0.170. The number of methoxy groups -OCH3 is 1. The largest absolute Gasteiger partial charge is 0.471 e. The second-order valence-corrected chi connectivity index (χ2v) is 9.32. The molecule has 0 aliphatic heterocycles. The second kappa shape index (κ2) is 13.6. The van der Waals surface area contributed by atoms with Crippen molar-refractivity contribution in [2.75, 3.05) is 17.3 Å². The van der Waals surface area contributed by atoms with E-state index in [1.807, 2.05) is 0 Å². The first kappa shape index (κ1) is 32.3. The van der Waals surface area contributed by atoms with Crippen molar-refractivity contribution < 1.29 is 41.9 Å². The smallest absolute Gasteiger partial charge is 0.467 e. The first-order chi connectivity index (χ1) is 20.2. The van der Waals surface area contributed by atoms with E-state index in [0.717, 1.165) is 37.6 Å². The van der Waals surface area contributed by atoms with Crippen LogP contribution in [0.2, 0.25) is 0 Å². The summed E-state index contributed by atoms with van der Waals surface area (Å²) in [5, 5.41) is 4.78. The molecule has 1 atom stereocenters. The van der Waals surface area contributed by atoms with Crippen molar-refractivity contribution in [1.29, 1.82) is 0 Å². The molecule has 0 aliphatic rings. The van der Waals surface area contributed by atoms with Gasteiger partial charge < -0.3 is 14.8 Å². The molecule has 14 nitrogen and oxygen atoms in total. The van der Waals surface area contributed by atoms with Crippen LogP contribution < -0.4 is 21.1 Å². The van der Waals surface area contributed by atoms with Crippen LogP contribution in [0.15, 0.2) is 35.3 Å². The Morgan fingerprint density at radius 3 is 2.37 bits per heavy atom. The molecule has 3 rings (SSSR count). The van der Waals surface area contributed by atoms with Crippen molar-refractivity contribution in [2.45, 2.75) is 45.5 Å². The van der Waals surface area contributed by atoms with Gasteiger partial charge in [0.15, 0.2) is 11.2 Å². The first-order valence-corrected chi connectivity index (χ1v) is 12.6. The number of esters is 1. The van der Waals surface area contributed by atoms with E-state index >= 15 is 0 Å². The highest BCUT2D eigenvalue weighted by molar-refractivity contribution is 5.99. The third-order valence-corrected chi connectivity index (χ3v) is 5.85. The number of carbonyl (C=O) groups is 5. The predicted molar refractivity (Wildman–Crippen MR) is 144 cm³/mol. The molecule has 228 valence electrons. The molecule has 2 aromatic heterocycles. The number of anilines is 2.